The van der Waals surface area contributed by atoms with Crippen molar-refractivity contribution in [2.24, 2.45) is 5.92 Å². The van der Waals surface area contributed by atoms with Crippen molar-refractivity contribution in [2.75, 3.05) is 19.7 Å². The fourth-order valence-electron chi connectivity index (χ4n) is 2.06. The van der Waals surface area contributed by atoms with Crippen molar-refractivity contribution in [2.45, 2.75) is 52.2 Å². The van der Waals surface area contributed by atoms with Crippen LogP contribution in [0.4, 0.5) is 0 Å². The Kier molecular flexibility index (Phi) is 4.95. The van der Waals surface area contributed by atoms with Crippen LogP contribution in [0.3, 0.4) is 0 Å². The molecule has 1 atom stereocenters. The highest BCUT2D eigenvalue weighted by molar-refractivity contribution is 5.75. The molecule has 0 radical (unpaired) electrons. The molecule has 0 bridgehead atoms. The summed E-state index contributed by atoms with van der Waals surface area (Å²) in [5, 5.41) is 9.07. The van der Waals surface area contributed by atoms with Crippen molar-refractivity contribution >= 4 is 5.97 Å². The molecule has 1 aliphatic rings. The van der Waals surface area contributed by atoms with Gasteiger partial charge in [-0.2, -0.15) is 0 Å². The molecule has 0 aromatic heterocycles. The molecular weight excluding hydrogens is 218 g/mol. The molecule has 1 N–H and O–H groups in total. The van der Waals surface area contributed by atoms with Crippen molar-refractivity contribution < 1.29 is 14.6 Å². The maximum atomic E-state index is 11.9. The molecule has 100 valence electrons. The van der Waals surface area contributed by atoms with Crippen LogP contribution in [-0.2, 0) is 9.53 Å². The van der Waals surface area contributed by atoms with Crippen LogP contribution in [0.1, 0.15) is 40.5 Å². The van der Waals surface area contributed by atoms with E-state index in [0.717, 1.165) is 25.9 Å². The lowest BCUT2D eigenvalue weighted by molar-refractivity contribution is -0.161. The Bertz CT molecular complexity index is 252. The van der Waals surface area contributed by atoms with Gasteiger partial charge in [0.25, 0.3) is 0 Å². The van der Waals surface area contributed by atoms with Crippen molar-refractivity contribution in [3.8, 4) is 0 Å². The van der Waals surface area contributed by atoms with Gasteiger partial charge in [0.15, 0.2) is 0 Å². The summed E-state index contributed by atoms with van der Waals surface area (Å²) in [4.78, 5) is 14.0. The number of aliphatic hydroxyl groups excluding tert-OH is 1. The lowest BCUT2D eigenvalue weighted by Gasteiger charge is -2.35. The number of likely N-dealkylation sites (tertiary alicyclic amines) is 1. The number of ether oxygens (including phenoxy) is 1. The van der Waals surface area contributed by atoms with Crippen LogP contribution in [-0.4, -0.2) is 47.3 Å². The maximum absolute atomic E-state index is 11.9. The highest BCUT2D eigenvalue weighted by Crippen LogP contribution is 2.19. The number of hydrogen-bond acceptors (Lipinski definition) is 4. The largest absolute Gasteiger partial charge is 0.459 e. The van der Waals surface area contributed by atoms with Crippen LogP contribution in [0.5, 0.6) is 0 Å². The van der Waals surface area contributed by atoms with Crippen LogP contribution in [0, 0.1) is 5.92 Å². The highest BCUT2D eigenvalue weighted by Gasteiger charge is 2.29. The molecule has 1 unspecified atom stereocenters. The summed E-state index contributed by atoms with van der Waals surface area (Å²) in [5.41, 5.74) is -0.422. The van der Waals surface area contributed by atoms with E-state index in [-0.39, 0.29) is 18.6 Å². The second kappa shape index (κ2) is 5.83. The van der Waals surface area contributed by atoms with Crippen LogP contribution in [0.15, 0.2) is 0 Å². The van der Waals surface area contributed by atoms with E-state index in [1.165, 1.54) is 0 Å². The van der Waals surface area contributed by atoms with Gasteiger partial charge in [-0.3, -0.25) is 9.69 Å². The highest BCUT2D eigenvalue weighted by atomic mass is 16.6. The van der Waals surface area contributed by atoms with Gasteiger partial charge in [-0.15, -0.1) is 0 Å². The standard InChI is InChI=1S/C13H25NO3/c1-10(12(16)17-13(2,3)4)14-7-5-11(9-15)6-8-14/h10-11,15H,5-9H2,1-4H3. The summed E-state index contributed by atoms with van der Waals surface area (Å²) in [5.74, 6) is 0.247. The second-order valence-corrected chi connectivity index (χ2v) is 5.87. The van der Waals surface area contributed by atoms with Gasteiger partial charge < -0.3 is 9.84 Å². The summed E-state index contributed by atoms with van der Waals surface area (Å²) >= 11 is 0. The molecule has 0 aliphatic carbocycles. The van der Waals surface area contributed by atoms with E-state index in [1.807, 2.05) is 27.7 Å². The van der Waals surface area contributed by atoms with E-state index in [4.69, 9.17) is 9.84 Å². The molecule has 0 aromatic carbocycles. The topological polar surface area (TPSA) is 49.8 Å². The van der Waals surface area contributed by atoms with Crippen molar-refractivity contribution in [3.63, 3.8) is 0 Å². The first-order valence-electron chi connectivity index (χ1n) is 6.41. The van der Waals surface area contributed by atoms with Crippen molar-refractivity contribution in [3.05, 3.63) is 0 Å². The number of carbonyl (C=O) groups excluding carboxylic acids is 1. The lowest BCUT2D eigenvalue weighted by Crippen LogP contribution is -2.46. The monoisotopic (exact) mass is 243 g/mol. The molecule has 0 aromatic rings. The van der Waals surface area contributed by atoms with Crippen molar-refractivity contribution in [1.29, 1.82) is 0 Å². The summed E-state index contributed by atoms with van der Waals surface area (Å²) in [7, 11) is 0. The van der Waals surface area contributed by atoms with Crippen LogP contribution < -0.4 is 0 Å². The van der Waals surface area contributed by atoms with E-state index >= 15 is 0 Å². The number of nitrogens with zero attached hydrogens (tertiary/aromatic N) is 1. The fraction of sp³-hybridized carbons (Fsp3) is 0.923. The molecule has 1 saturated heterocycles. The second-order valence-electron chi connectivity index (χ2n) is 5.87. The first-order valence-corrected chi connectivity index (χ1v) is 6.41. The van der Waals surface area contributed by atoms with Gasteiger partial charge in [0.05, 0.1) is 0 Å². The van der Waals surface area contributed by atoms with Crippen LogP contribution >= 0.6 is 0 Å². The number of carbonyl (C=O) groups is 1. The third kappa shape index (κ3) is 4.64. The minimum Gasteiger partial charge on any atom is -0.459 e. The first kappa shape index (κ1) is 14.5. The van der Waals surface area contributed by atoms with Crippen LogP contribution in [0.2, 0.25) is 0 Å². The van der Waals surface area contributed by atoms with Gasteiger partial charge in [0.1, 0.15) is 11.6 Å². The third-order valence-electron chi connectivity index (χ3n) is 3.20. The van der Waals surface area contributed by atoms with Gasteiger partial charge >= 0.3 is 5.97 Å². The fourth-order valence-corrected chi connectivity index (χ4v) is 2.06. The molecule has 0 spiro atoms. The Hall–Kier alpha value is -0.610. The van der Waals surface area contributed by atoms with E-state index in [0.29, 0.717) is 5.92 Å². The molecule has 1 heterocycles. The summed E-state index contributed by atoms with van der Waals surface area (Å²) in [6.07, 6.45) is 1.92. The molecule has 17 heavy (non-hydrogen) atoms. The number of hydrogen-bond donors (Lipinski definition) is 1. The van der Waals surface area contributed by atoms with E-state index in [1.54, 1.807) is 0 Å². The average Bonchev–Trinajstić information content (AvgIpc) is 2.26. The predicted octanol–water partition coefficient (Wildman–Crippen LogP) is 1.42. The molecule has 0 amide bonds. The molecule has 4 nitrogen and oxygen atoms in total. The molecular formula is C13H25NO3. The number of aliphatic hydroxyl groups is 1. The van der Waals surface area contributed by atoms with Crippen LogP contribution in [0.25, 0.3) is 0 Å². The quantitative estimate of drug-likeness (QED) is 0.762. The van der Waals surface area contributed by atoms with E-state index in [2.05, 4.69) is 4.90 Å². The van der Waals surface area contributed by atoms with E-state index in [9.17, 15) is 4.79 Å². The Morgan fingerprint density at radius 1 is 1.41 bits per heavy atom. The molecule has 0 saturated carbocycles. The first-order chi connectivity index (χ1) is 7.83. The minimum atomic E-state index is -0.422. The van der Waals surface area contributed by atoms with Crippen molar-refractivity contribution in [1.82, 2.24) is 4.90 Å². The van der Waals surface area contributed by atoms with Gasteiger partial charge in [0.2, 0.25) is 0 Å². The summed E-state index contributed by atoms with van der Waals surface area (Å²) in [6.45, 7) is 9.54. The van der Waals surface area contributed by atoms with Gasteiger partial charge in [-0.25, -0.2) is 0 Å². The third-order valence-corrected chi connectivity index (χ3v) is 3.20. The number of esters is 1. The number of piperidine rings is 1. The molecule has 4 heteroatoms. The number of rotatable bonds is 3. The summed E-state index contributed by atoms with van der Waals surface area (Å²) < 4.78 is 5.38. The summed E-state index contributed by atoms with van der Waals surface area (Å²) in [6, 6.07) is -0.186. The zero-order valence-electron chi connectivity index (χ0n) is 11.4. The van der Waals surface area contributed by atoms with Gasteiger partial charge in [-0.05, 0) is 59.5 Å². The Labute approximate surface area is 104 Å². The normalized spacial score (nSPS) is 21.2. The van der Waals surface area contributed by atoms with E-state index < -0.39 is 5.60 Å². The average molecular weight is 243 g/mol. The predicted molar refractivity (Wildman–Crippen MR) is 66.7 cm³/mol. The zero-order chi connectivity index (χ0) is 13.1. The SMILES string of the molecule is CC(C(=O)OC(C)(C)C)N1CCC(CO)CC1. The van der Waals surface area contributed by atoms with Gasteiger partial charge in [0, 0.05) is 6.61 Å². The molecule has 1 rings (SSSR count). The Morgan fingerprint density at radius 3 is 2.35 bits per heavy atom. The maximum Gasteiger partial charge on any atom is 0.323 e. The smallest absolute Gasteiger partial charge is 0.323 e. The molecule has 1 fully saturated rings. The zero-order valence-corrected chi connectivity index (χ0v) is 11.4. The minimum absolute atomic E-state index is 0.153. The Balaban J connectivity index is 2.43. The Morgan fingerprint density at radius 2 is 1.94 bits per heavy atom. The molecule has 1 aliphatic heterocycles. The van der Waals surface area contributed by atoms with Gasteiger partial charge in [-0.1, -0.05) is 0 Å². The lowest BCUT2D eigenvalue weighted by atomic mass is 9.97.